The van der Waals surface area contributed by atoms with Crippen molar-refractivity contribution in [2.24, 2.45) is 0 Å². The molecule has 0 aliphatic carbocycles. The number of aliphatic hydroxyl groups is 1. The lowest BCUT2D eigenvalue weighted by atomic mass is 9.99. The fraction of sp³-hybridized carbons (Fsp3) is 0.333. The van der Waals surface area contributed by atoms with Gasteiger partial charge in [0.2, 0.25) is 0 Å². The summed E-state index contributed by atoms with van der Waals surface area (Å²) in [4.78, 5) is 28.9. The highest BCUT2D eigenvalue weighted by atomic mass is 32.1. The van der Waals surface area contributed by atoms with Gasteiger partial charge < -0.3 is 30.1 Å². The smallest absolute Gasteiger partial charge is 0.419 e. The van der Waals surface area contributed by atoms with Gasteiger partial charge >= 0.3 is 12.4 Å². The van der Waals surface area contributed by atoms with Crippen molar-refractivity contribution in [1.29, 1.82) is 0 Å². The number of carbonyl (C=O) groups is 2. The molecule has 5 rings (SSSR count). The van der Waals surface area contributed by atoms with E-state index in [0.717, 1.165) is 24.3 Å². The van der Waals surface area contributed by atoms with Gasteiger partial charge in [0.15, 0.2) is 0 Å². The van der Waals surface area contributed by atoms with Crippen molar-refractivity contribution in [3.63, 3.8) is 0 Å². The highest BCUT2D eigenvalue weighted by Crippen LogP contribution is 2.41. The monoisotopic (exact) mass is 713 g/mol. The number of alkyl halides is 6. The topological polar surface area (TPSA) is 100 Å². The third kappa shape index (κ3) is 8.25. The summed E-state index contributed by atoms with van der Waals surface area (Å²) in [5, 5.41) is 15.1. The predicted octanol–water partition coefficient (Wildman–Crippen LogP) is 7.96. The van der Waals surface area contributed by atoms with Crippen LogP contribution in [0.25, 0.3) is 10.1 Å². The molecule has 0 saturated carbocycles. The number of methoxy groups -OCH3 is 1. The van der Waals surface area contributed by atoms with Gasteiger partial charge in [-0.15, -0.1) is 11.3 Å². The van der Waals surface area contributed by atoms with Crippen LogP contribution in [0.1, 0.15) is 51.4 Å². The molecule has 1 fully saturated rings. The maximum Gasteiger partial charge on any atom is 0.419 e. The average molecular weight is 714 g/mol. The third-order valence-corrected chi connectivity index (χ3v) is 8.80. The number of halogens is 7. The zero-order valence-corrected chi connectivity index (χ0v) is 27.0. The number of carbonyl (C=O) groups excluding carboxylic acids is 2. The van der Waals surface area contributed by atoms with Gasteiger partial charge in [0.05, 0.1) is 47.8 Å². The Balaban J connectivity index is 1.51. The second-order valence-electron chi connectivity index (χ2n) is 12.0. The molecule has 0 spiro atoms. The molecule has 49 heavy (non-hydrogen) atoms. The van der Waals surface area contributed by atoms with Gasteiger partial charge in [-0.05, 0) is 62.4 Å². The highest BCUT2D eigenvalue weighted by molar-refractivity contribution is 7.21. The van der Waals surface area contributed by atoms with Crippen molar-refractivity contribution in [2.45, 2.75) is 44.3 Å². The Bertz CT molecular complexity index is 1890. The Morgan fingerprint density at radius 3 is 2.37 bits per heavy atom. The number of rotatable bonds is 8. The fourth-order valence-corrected chi connectivity index (χ4v) is 6.54. The van der Waals surface area contributed by atoms with Crippen LogP contribution >= 0.6 is 11.3 Å². The first kappa shape index (κ1) is 35.9. The second-order valence-corrected chi connectivity index (χ2v) is 13.0. The van der Waals surface area contributed by atoms with Crippen LogP contribution in [-0.2, 0) is 17.1 Å². The molecule has 1 aliphatic rings. The van der Waals surface area contributed by atoms with Gasteiger partial charge in [0.25, 0.3) is 11.8 Å². The molecular weight excluding hydrogens is 683 g/mol. The van der Waals surface area contributed by atoms with Crippen LogP contribution in [0.5, 0.6) is 5.75 Å². The lowest BCUT2D eigenvalue weighted by Gasteiger charge is -2.37. The fourth-order valence-electron chi connectivity index (χ4n) is 5.45. The van der Waals surface area contributed by atoms with Gasteiger partial charge in [-0.2, -0.15) is 26.3 Å². The first-order valence-electron chi connectivity index (χ1n) is 14.7. The molecule has 1 aliphatic heterocycles. The quantitative estimate of drug-likeness (QED) is 0.160. The number of fused-ring (bicyclic) bond motifs is 1. The molecule has 4 aromatic rings. The average Bonchev–Trinajstić information content (AvgIpc) is 3.37. The number of anilines is 3. The molecule has 262 valence electrons. The molecule has 0 bridgehead atoms. The largest absolute Gasteiger partial charge is 0.496 e. The zero-order chi connectivity index (χ0) is 35.9. The van der Waals surface area contributed by atoms with Crippen LogP contribution in [0.4, 0.5) is 47.8 Å². The summed E-state index contributed by atoms with van der Waals surface area (Å²) < 4.78 is 106. The summed E-state index contributed by atoms with van der Waals surface area (Å²) in [5.74, 6) is -3.29. The Morgan fingerprint density at radius 2 is 1.71 bits per heavy atom. The van der Waals surface area contributed by atoms with Crippen LogP contribution < -0.4 is 20.3 Å². The van der Waals surface area contributed by atoms with Crippen molar-refractivity contribution >= 4 is 50.3 Å². The van der Waals surface area contributed by atoms with E-state index in [1.807, 2.05) is 4.90 Å². The molecule has 0 radical (unpaired) electrons. The van der Waals surface area contributed by atoms with E-state index in [9.17, 15) is 45.4 Å². The van der Waals surface area contributed by atoms with Crippen molar-refractivity contribution in [1.82, 2.24) is 0 Å². The van der Waals surface area contributed by atoms with E-state index in [1.165, 1.54) is 13.2 Å². The normalized spacial score (nSPS) is 15.7. The van der Waals surface area contributed by atoms with Crippen LogP contribution in [-0.4, -0.2) is 55.4 Å². The van der Waals surface area contributed by atoms with Crippen LogP contribution in [0.3, 0.4) is 0 Å². The van der Waals surface area contributed by atoms with Crippen molar-refractivity contribution < 1.29 is 54.9 Å². The molecule has 2 amide bonds. The number of ether oxygens (including phenoxy) is 2. The SMILES string of the molecule is COc1ccc(N2CCOC(CC(C)(C)O)C2)cc1C(=O)Nc1c(C(=O)Nc2ccc(F)c(C(F)(F)F)c2)sc2cc(C(F)(F)F)ccc12. The Morgan fingerprint density at radius 1 is 0.980 bits per heavy atom. The van der Waals surface area contributed by atoms with Crippen LogP contribution in [0, 0.1) is 5.82 Å². The number of hydrogen-bond acceptors (Lipinski definition) is 7. The number of thiophene rings is 1. The summed E-state index contributed by atoms with van der Waals surface area (Å²) in [5.41, 5.74) is -3.66. The standard InChI is InChI=1S/C33H30F7N3O5S/c1-31(2,46)15-20-16-43(10-11-48-20)19-6-9-25(47-3)22(14-19)29(44)42-27-21-7-4-17(32(35,36)37)12-26(21)49-28(27)30(45)41-18-5-8-24(34)23(13-18)33(38,39)40/h4-9,12-14,20,46H,10-11,15-16H2,1-3H3,(H,41,45)(H,42,44). The van der Waals surface area contributed by atoms with E-state index in [4.69, 9.17) is 9.47 Å². The van der Waals surface area contributed by atoms with Gasteiger partial charge in [0.1, 0.15) is 16.4 Å². The van der Waals surface area contributed by atoms with Gasteiger partial charge in [-0.1, -0.05) is 6.07 Å². The Labute approximate surface area is 279 Å². The molecule has 1 saturated heterocycles. The first-order valence-corrected chi connectivity index (χ1v) is 15.6. The van der Waals surface area contributed by atoms with E-state index < -0.39 is 52.4 Å². The molecule has 1 unspecified atom stereocenters. The maximum absolute atomic E-state index is 13.9. The minimum Gasteiger partial charge on any atom is -0.496 e. The molecule has 1 atom stereocenters. The van der Waals surface area contributed by atoms with Gasteiger partial charge in [0, 0.05) is 41.0 Å². The number of hydrogen-bond donors (Lipinski definition) is 3. The van der Waals surface area contributed by atoms with E-state index in [-0.39, 0.29) is 38.1 Å². The molecule has 16 heteroatoms. The minimum absolute atomic E-state index is 0.0107. The van der Waals surface area contributed by atoms with Crippen molar-refractivity contribution in [2.75, 3.05) is 42.3 Å². The van der Waals surface area contributed by atoms with Crippen LogP contribution in [0.15, 0.2) is 54.6 Å². The maximum atomic E-state index is 13.9. The van der Waals surface area contributed by atoms with Gasteiger partial charge in [-0.3, -0.25) is 9.59 Å². The lowest BCUT2D eigenvalue weighted by Crippen LogP contribution is -2.45. The van der Waals surface area contributed by atoms with Gasteiger partial charge in [-0.25, -0.2) is 4.39 Å². The molecule has 2 heterocycles. The summed E-state index contributed by atoms with van der Waals surface area (Å²) in [6.45, 7) is 4.55. The van der Waals surface area contributed by atoms with E-state index in [0.29, 0.717) is 55.3 Å². The van der Waals surface area contributed by atoms with E-state index >= 15 is 0 Å². The van der Waals surface area contributed by atoms with Crippen molar-refractivity contribution in [3.05, 3.63) is 82.0 Å². The molecule has 3 aromatic carbocycles. The first-order chi connectivity index (χ1) is 22.8. The molecular formula is C33H30F7N3O5S. The number of amides is 2. The second kappa shape index (κ2) is 13.5. The van der Waals surface area contributed by atoms with Crippen LogP contribution in [0.2, 0.25) is 0 Å². The number of nitrogens with one attached hydrogen (secondary N) is 2. The summed E-state index contributed by atoms with van der Waals surface area (Å²) >= 11 is 0.575. The summed E-state index contributed by atoms with van der Waals surface area (Å²) in [6.07, 6.45) is -9.75. The molecule has 8 nitrogen and oxygen atoms in total. The summed E-state index contributed by atoms with van der Waals surface area (Å²) in [7, 11) is 1.33. The zero-order valence-electron chi connectivity index (χ0n) is 26.2. The molecule has 3 N–H and O–H groups in total. The molecule has 1 aromatic heterocycles. The van der Waals surface area contributed by atoms with E-state index in [2.05, 4.69) is 10.6 Å². The predicted molar refractivity (Wildman–Crippen MR) is 170 cm³/mol. The third-order valence-electron chi connectivity index (χ3n) is 7.65. The minimum atomic E-state index is -5.07. The number of nitrogens with zero attached hydrogens (tertiary/aromatic N) is 1. The van der Waals surface area contributed by atoms with Crippen molar-refractivity contribution in [3.8, 4) is 5.75 Å². The highest BCUT2D eigenvalue weighted by Gasteiger charge is 2.35. The summed E-state index contributed by atoms with van der Waals surface area (Å²) in [6, 6.07) is 9.23. The Kier molecular flexibility index (Phi) is 9.87. The number of morpholine rings is 1. The Hall–Kier alpha value is -4.41. The van der Waals surface area contributed by atoms with E-state index in [1.54, 1.807) is 26.0 Å². The number of benzene rings is 3. The lowest BCUT2D eigenvalue weighted by molar-refractivity contribution is -0.140.